The largest absolute Gasteiger partial charge is 0.318 e. The molecule has 0 saturated heterocycles. The number of para-hydroxylation sites is 2. The smallest absolute Gasteiger partial charge is 0.246 e. The summed E-state index contributed by atoms with van der Waals surface area (Å²) < 4.78 is 25.3. The second-order valence-corrected chi connectivity index (χ2v) is 10.3. The lowest BCUT2D eigenvalue weighted by Gasteiger charge is -2.08. The fourth-order valence-corrected chi connectivity index (χ4v) is 4.75. The van der Waals surface area contributed by atoms with Crippen molar-refractivity contribution in [3.8, 4) is 11.3 Å². The minimum atomic E-state index is -3.30. The Morgan fingerprint density at radius 1 is 1.10 bits per heavy atom. The van der Waals surface area contributed by atoms with E-state index in [2.05, 4.69) is 34.3 Å². The molecule has 0 unspecified atom stereocenters. The van der Waals surface area contributed by atoms with Crippen LogP contribution in [0.1, 0.15) is 18.3 Å². The van der Waals surface area contributed by atoms with E-state index in [-0.39, 0.29) is 18.2 Å². The lowest BCUT2D eigenvalue weighted by Crippen LogP contribution is -2.21. The number of fused-ring (bicyclic) bond motifs is 1. The highest BCUT2D eigenvalue weighted by molar-refractivity contribution is 7.89. The molecule has 9 heteroatoms. The molecule has 2 aromatic heterocycles. The maximum absolute atomic E-state index is 12.7. The van der Waals surface area contributed by atoms with Crippen molar-refractivity contribution >= 4 is 43.2 Å². The number of imidazole rings is 1. The lowest BCUT2D eigenvalue weighted by molar-refractivity contribution is -0.116. The van der Waals surface area contributed by atoms with Gasteiger partial charge >= 0.3 is 0 Å². The van der Waals surface area contributed by atoms with Gasteiger partial charge in [-0.2, -0.15) is 0 Å². The maximum Gasteiger partial charge on any atom is 0.246 e. The average Bonchev–Trinajstić information content (AvgIpc) is 3.32. The van der Waals surface area contributed by atoms with Gasteiger partial charge < -0.3 is 9.88 Å². The molecule has 31 heavy (non-hydrogen) atoms. The predicted molar refractivity (Wildman–Crippen MR) is 124 cm³/mol. The first-order chi connectivity index (χ1) is 14.8. The molecule has 0 radical (unpaired) electrons. The Morgan fingerprint density at radius 2 is 1.84 bits per heavy atom. The summed E-state index contributed by atoms with van der Waals surface area (Å²) in [7, 11) is -3.30. The number of hydrogen-bond acceptors (Lipinski definition) is 6. The number of anilines is 1. The predicted octanol–water partition coefficient (Wildman–Crippen LogP) is 3.91. The van der Waals surface area contributed by atoms with E-state index in [1.165, 1.54) is 16.9 Å². The Bertz CT molecular complexity index is 1340. The van der Waals surface area contributed by atoms with Crippen LogP contribution in [0, 0.1) is 0 Å². The van der Waals surface area contributed by atoms with Gasteiger partial charge in [0.05, 0.1) is 16.7 Å². The molecule has 2 heterocycles. The summed E-state index contributed by atoms with van der Waals surface area (Å²) in [5.41, 5.74) is 4.41. The molecule has 2 aromatic carbocycles. The van der Waals surface area contributed by atoms with Gasteiger partial charge in [-0.3, -0.25) is 4.79 Å². The zero-order chi connectivity index (χ0) is 22.0. The number of aromatic nitrogens is 3. The first kappa shape index (κ1) is 21.2. The molecule has 4 aromatic rings. The minimum absolute atomic E-state index is 0.0501. The van der Waals surface area contributed by atoms with Crippen LogP contribution < -0.4 is 5.32 Å². The van der Waals surface area contributed by atoms with Gasteiger partial charge in [-0.25, -0.2) is 18.4 Å². The minimum Gasteiger partial charge on any atom is -0.318 e. The van der Waals surface area contributed by atoms with E-state index in [0.29, 0.717) is 22.0 Å². The second kappa shape index (κ2) is 8.60. The van der Waals surface area contributed by atoms with Crippen LogP contribution in [0.5, 0.6) is 0 Å². The molecule has 160 valence electrons. The fourth-order valence-electron chi connectivity index (χ4n) is 3.32. The molecule has 1 amide bonds. The Kier molecular flexibility index (Phi) is 5.88. The van der Waals surface area contributed by atoms with Crippen LogP contribution in [0.4, 0.5) is 5.13 Å². The molecule has 0 bridgehead atoms. The topological polar surface area (TPSA) is 94.0 Å². The second-order valence-electron chi connectivity index (χ2n) is 7.31. The van der Waals surface area contributed by atoms with Gasteiger partial charge in [0, 0.05) is 17.2 Å². The highest BCUT2D eigenvalue weighted by Crippen LogP contribution is 2.25. The van der Waals surface area contributed by atoms with E-state index in [1.54, 1.807) is 10.6 Å². The maximum atomic E-state index is 12.7. The number of carbonyl (C=O) groups excluding carboxylic acids is 1. The summed E-state index contributed by atoms with van der Waals surface area (Å²) in [6.45, 7) is 2.06. The first-order valence-corrected chi connectivity index (χ1v) is 12.7. The first-order valence-electron chi connectivity index (χ1n) is 9.79. The van der Waals surface area contributed by atoms with Crippen molar-refractivity contribution in [2.75, 3.05) is 11.6 Å². The number of nitrogens with one attached hydrogen (secondary N) is 1. The van der Waals surface area contributed by atoms with Crippen LogP contribution in [-0.2, 0) is 33.4 Å². The Hall–Kier alpha value is -3.04. The standard InChI is InChI=1S/C22H22N4O3S2/c1-3-15-8-10-16(11-9-15)18-13-30-22(24-18)25-21(27)12-26-19-7-5-4-6-17(19)23-20(26)14-31(2,28)29/h4-11,13H,3,12,14H2,1-2H3,(H,24,25,27). The highest BCUT2D eigenvalue weighted by Gasteiger charge is 2.18. The molecule has 7 nitrogen and oxygen atoms in total. The van der Waals surface area contributed by atoms with Crippen molar-refractivity contribution in [1.82, 2.24) is 14.5 Å². The molecular formula is C22H22N4O3S2. The number of nitrogens with zero attached hydrogens (tertiary/aromatic N) is 3. The summed E-state index contributed by atoms with van der Waals surface area (Å²) in [6, 6.07) is 15.5. The van der Waals surface area contributed by atoms with E-state index in [0.717, 1.165) is 23.9 Å². The summed E-state index contributed by atoms with van der Waals surface area (Å²) in [5, 5.41) is 5.21. The van der Waals surface area contributed by atoms with E-state index >= 15 is 0 Å². The molecule has 1 N–H and O–H groups in total. The number of thiazole rings is 1. The van der Waals surface area contributed by atoms with Crippen LogP contribution in [0.2, 0.25) is 0 Å². The van der Waals surface area contributed by atoms with Crippen molar-refractivity contribution in [2.45, 2.75) is 25.6 Å². The Labute approximate surface area is 184 Å². The summed E-state index contributed by atoms with van der Waals surface area (Å²) in [4.78, 5) is 21.7. The number of sulfone groups is 1. The number of hydrogen-bond donors (Lipinski definition) is 1. The lowest BCUT2D eigenvalue weighted by atomic mass is 10.1. The molecule has 0 saturated carbocycles. The van der Waals surface area contributed by atoms with Gasteiger partial charge in [-0.15, -0.1) is 11.3 Å². The molecule has 0 fully saturated rings. The molecule has 0 atom stereocenters. The third-order valence-corrected chi connectivity index (χ3v) is 6.38. The Balaban J connectivity index is 1.53. The van der Waals surface area contributed by atoms with Crippen LogP contribution in [-0.4, -0.2) is 35.1 Å². The number of aryl methyl sites for hydroxylation is 1. The monoisotopic (exact) mass is 454 g/mol. The molecule has 0 spiro atoms. The van der Waals surface area contributed by atoms with Crippen molar-refractivity contribution < 1.29 is 13.2 Å². The van der Waals surface area contributed by atoms with Crippen molar-refractivity contribution in [2.24, 2.45) is 0 Å². The number of carbonyl (C=O) groups is 1. The number of benzene rings is 2. The van der Waals surface area contributed by atoms with Gasteiger partial charge in [0.15, 0.2) is 15.0 Å². The molecule has 0 aliphatic carbocycles. The molecule has 4 rings (SSSR count). The summed E-state index contributed by atoms with van der Waals surface area (Å²) in [5.74, 6) is -0.181. The van der Waals surface area contributed by atoms with Crippen LogP contribution >= 0.6 is 11.3 Å². The molecular weight excluding hydrogens is 432 g/mol. The molecule has 0 aliphatic heterocycles. The summed E-state index contributed by atoms with van der Waals surface area (Å²) >= 11 is 1.35. The van der Waals surface area contributed by atoms with Gasteiger partial charge in [-0.05, 0) is 24.1 Å². The third kappa shape index (κ3) is 5.00. The quantitative estimate of drug-likeness (QED) is 0.457. The van der Waals surface area contributed by atoms with Crippen LogP contribution in [0.25, 0.3) is 22.3 Å². The van der Waals surface area contributed by atoms with Crippen molar-refractivity contribution in [3.63, 3.8) is 0 Å². The van der Waals surface area contributed by atoms with Gasteiger partial charge in [0.25, 0.3) is 0 Å². The van der Waals surface area contributed by atoms with Crippen LogP contribution in [0.15, 0.2) is 53.9 Å². The van der Waals surface area contributed by atoms with E-state index < -0.39 is 9.84 Å². The summed E-state index contributed by atoms with van der Waals surface area (Å²) in [6.07, 6.45) is 2.13. The van der Waals surface area contributed by atoms with Crippen molar-refractivity contribution in [1.29, 1.82) is 0 Å². The molecule has 0 aliphatic rings. The number of amides is 1. The van der Waals surface area contributed by atoms with Gasteiger partial charge in [-0.1, -0.05) is 43.3 Å². The van der Waals surface area contributed by atoms with E-state index in [1.807, 2.05) is 35.7 Å². The van der Waals surface area contributed by atoms with Crippen molar-refractivity contribution in [3.05, 3.63) is 65.3 Å². The fraction of sp³-hybridized carbons (Fsp3) is 0.227. The van der Waals surface area contributed by atoms with Gasteiger partial charge in [0.1, 0.15) is 18.1 Å². The zero-order valence-corrected chi connectivity index (χ0v) is 18.8. The Morgan fingerprint density at radius 3 is 2.55 bits per heavy atom. The normalized spacial score (nSPS) is 11.7. The number of rotatable bonds is 7. The average molecular weight is 455 g/mol. The highest BCUT2D eigenvalue weighted by atomic mass is 32.2. The van der Waals surface area contributed by atoms with E-state index in [9.17, 15) is 13.2 Å². The van der Waals surface area contributed by atoms with Gasteiger partial charge in [0.2, 0.25) is 5.91 Å². The third-order valence-electron chi connectivity index (χ3n) is 4.84. The zero-order valence-electron chi connectivity index (χ0n) is 17.2. The SMILES string of the molecule is CCc1ccc(-c2csc(NC(=O)Cn3c(CS(C)(=O)=O)nc4ccccc43)n2)cc1. The van der Waals surface area contributed by atoms with Crippen LogP contribution in [0.3, 0.4) is 0 Å². The van der Waals surface area contributed by atoms with E-state index in [4.69, 9.17) is 0 Å².